The molecule has 0 unspecified atom stereocenters. The molecule has 0 saturated carbocycles. The van der Waals surface area contributed by atoms with E-state index < -0.39 is 0 Å². The van der Waals surface area contributed by atoms with Gasteiger partial charge in [0, 0.05) is 12.4 Å². The van der Waals surface area contributed by atoms with Crippen molar-refractivity contribution in [2.24, 2.45) is 4.99 Å². The largest absolute Gasteiger partial charge is 0.492 e. The van der Waals surface area contributed by atoms with E-state index in [0.29, 0.717) is 22.9 Å². The number of fused-ring (bicyclic) bond motifs is 2. The Hall–Kier alpha value is -4.19. The van der Waals surface area contributed by atoms with Crippen LogP contribution in [0.1, 0.15) is 5.69 Å². The maximum Gasteiger partial charge on any atom is 0.295 e. The third kappa shape index (κ3) is 3.91. The summed E-state index contributed by atoms with van der Waals surface area (Å²) in [7, 11) is 0. The first kappa shape index (κ1) is 18.2. The van der Waals surface area contributed by atoms with E-state index in [9.17, 15) is 9.90 Å². The molecule has 0 fully saturated rings. The lowest BCUT2D eigenvalue weighted by Crippen LogP contribution is -2.20. The van der Waals surface area contributed by atoms with Gasteiger partial charge in [-0.1, -0.05) is 54.7 Å². The van der Waals surface area contributed by atoms with Gasteiger partial charge in [0.05, 0.1) is 0 Å². The number of pyridine rings is 1. The third-order valence-corrected chi connectivity index (χ3v) is 4.26. The van der Waals surface area contributed by atoms with E-state index in [2.05, 4.69) is 9.98 Å². The second kappa shape index (κ2) is 8.22. The molecule has 6 nitrogen and oxygen atoms in total. The Kier molecular flexibility index (Phi) is 5.16. The van der Waals surface area contributed by atoms with E-state index in [1.165, 1.54) is 0 Å². The molecule has 6 heteroatoms. The first-order chi connectivity index (χ1) is 14.2. The van der Waals surface area contributed by atoms with Crippen LogP contribution in [0.15, 0.2) is 108 Å². The normalized spacial score (nSPS) is 17.9. The highest BCUT2D eigenvalue weighted by Gasteiger charge is 2.26. The predicted octanol–water partition coefficient (Wildman–Crippen LogP) is 3.93. The molecule has 2 aromatic heterocycles. The number of carbonyl (C=O) groups is 1. The number of hydrogen-bond donors (Lipinski definition) is 1. The number of amides is 1. The van der Waals surface area contributed by atoms with Gasteiger partial charge in [-0.05, 0) is 36.4 Å². The van der Waals surface area contributed by atoms with E-state index in [-0.39, 0.29) is 11.8 Å². The summed E-state index contributed by atoms with van der Waals surface area (Å²) in [5.74, 6) is 0.393. The average molecular weight is 382 g/mol. The van der Waals surface area contributed by atoms with Crippen LogP contribution in [0.2, 0.25) is 0 Å². The van der Waals surface area contributed by atoms with Gasteiger partial charge < -0.3 is 5.11 Å². The summed E-state index contributed by atoms with van der Waals surface area (Å²) in [5, 5.41) is 9.94. The highest BCUT2D eigenvalue weighted by atomic mass is 16.3. The Morgan fingerprint density at radius 2 is 1.76 bits per heavy atom. The smallest absolute Gasteiger partial charge is 0.295 e. The van der Waals surface area contributed by atoms with Gasteiger partial charge in [-0.25, -0.2) is 0 Å². The lowest BCUT2D eigenvalue weighted by Gasteiger charge is -2.15. The van der Waals surface area contributed by atoms with Crippen molar-refractivity contribution in [2.45, 2.75) is 0 Å². The Morgan fingerprint density at radius 3 is 2.62 bits per heavy atom. The molecule has 4 rings (SSSR count). The van der Waals surface area contributed by atoms with Crippen molar-refractivity contribution in [1.29, 1.82) is 0 Å². The Labute approximate surface area is 167 Å². The minimum absolute atomic E-state index is 0.000000513. The molecule has 0 spiro atoms. The number of aliphatic imine (C=N–C) groups is 1. The SMILES string of the molecule is O=C1N=C2C=CC=CN2\C1=C/C=C/C=C/C=C/C=C/c1c(O)nc2ccccn12. The van der Waals surface area contributed by atoms with Gasteiger partial charge in [-0.15, -0.1) is 0 Å². The molecular weight excluding hydrogens is 364 g/mol. The summed E-state index contributed by atoms with van der Waals surface area (Å²) in [6.45, 7) is 0. The van der Waals surface area contributed by atoms with Crippen molar-refractivity contribution >= 4 is 23.5 Å². The third-order valence-electron chi connectivity index (χ3n) is 4.26. The van der Waals surface area contributed by atoms with Crippen molar-refractivity contribution in [3.63, 3.8) is 0 Å². The number of imidazole rings is 1. The fourth-order valence-electron chi connectivity index (χ4n) is 2.92. The number of amidine groups is 1. The molecule has 0 bridgehead atoms. The first-order valence-electron chi connectivity index (χ1n) is 9.05. The van der Waals surface area contributed by atoms with Gasteiger partial charge in [-0.2, -0.15) is 9.98 Å². The van der Waals surface area contributed by atoms with Crippen molar-refractivity contribution in [3.8, 4) is 5.88 Å². The summed E-state index contributed by atoms with van der Waals surface area (Å²) in [4.78, 5) is 21.8. The molecule has 2 aliphatic rings. The van der Waals surface area contributed by atoms with Crippen molar-refractivity contribution in [2.75, 3.05) is 0 Å². The van der Waals surface area contributed by atoms with Gasteiger partial charge in [0.15, 0.2) is 0 Å². The van der Waals surface area contributed by atoms with Crippen molar-refractivity contribution in [3.05, 3.63) is 109 Å². The highest BCUT2D eigenvalue weighted by Crippen LogP contribution is 2.20. The topological polar surface area (TPSA) is 70.2 Å². The van der Waals surface area contributed by atoms with Crippen LogP contribution >= 0.6 is 0 Å². The summed E-state index contributed by atoms with van der Waals surface area (Å²) >= 11 is 0. The summed E-state index contributed by atoms with van der Waals surface area (Å²) < 4.78 is 1.82. The van der Waals surface area contributed by atoms with Crippen LogP contribution in [0.4, 0.5) is 0 Å². The van der Waals surface area contributed by atoms with Crippen LogP contribution in [0.3, 0.4) is 0 Å². The maximum absolute atomic E-state index is 11.9. The summed E-state index contributed by atoms with van der Waals surface area (Å²) in [6, 6.07) is 5.59. The molecule has 1 amide bonds. The summed E-state index contributed by atoms with van der Waals surface area (Å²) in [6.07, 6.45) is 25.6. The zero-order valence-corrected chi connectivity index (χ0v) is 15.5. The monoisotopic (exact) mass is 382 g/mol. The van der Waals surface area contributed by atoms with Crippen LogP contribution in [-0.2, 0) is 4.79 Å². The van der Waals surface area contributed by atoms with Crippen molar-refractivity contribution in [1.82, 2.24) is 14.3 Å². The molecule has 0 aromatic carbocycles. The number of carbonyl (C=O) groups excluding carboxylic acids is 1. The van der Waals surface area contributed by atoms with E-state index in [4.69, 9.17) is 0 Å². The number of aromatic hydroxyl groups is 1. The zero-order chi connectivity index (χ0) is 20.1. The molecular formula is C23H18N4O2. The second-order valence-electron chi connectivity index (χ2n) is 6.16. The fraction of sp³-hybridized carbons (Fsp3) is 0. The minimum atomic E-state index is -0.245. The molecule has 2 aromatic rings. The van der Waals surface area contributed by atoms with Gasteiger partial charge in [-0.3, -0.25) is 14.1 Å². The number of rotatable bonds is 5. The van der Waals surface area contributed by atoms with Gasteiger partial charge in [0.2, 0.25) is 5.88 Å². The van der Waals surface area contributed by atoms with Crippen LogP contribution in [0.25, 0.3) is 11.7 Å². The summed E-state index contributed by atoms with van der Waals surface area (Å²) in [5.41, 5.74) is 1.85. The second-order valence-corrected chi connectivity index (χ2v) is 6.16. The molecule has 142 valence electrons. The lowest BCUT2D eigenvalue weighted by molar-refractivity contribution is -0.114. The van der Waals surface area contributed by atoms with E-state index in [0.717, 1.165) is 0 Å². The van der Waals surface area contributed by atoms with Gasteiger partial charge in [0.1, 0.15) is 22.9 Å². The van der Waals surface area contributed by atoms with Gasteiger partial charge in [0.25, 0.3) is 5.91 Å². The molecule has 2 aliphatic heterocycles. The molecule has 1 N–H and O–H groups in total. The number of hydrogen-bond acceptors (Lipinski definition) is 4. The minimum Gasteiger partial charge on any atom is -0.492 e. The average Bonchev–Trinajstić information content (AvgIpc) is 3.22. The van der Waals surface area contributed by atoms with E-state index in [1.807, 2.05) is 83.6 Å². The van der Waals surface area contributed by atoms with E-state index in [1.54, 1.807) is 29.2 Å². The number of nitrogens with zero attached hydrogens (tertiary/aromatic N) is 4. The zero-order valence-electron chi connectivity index (χ0n) is 15.5. The molecule has 29 heavy (non-hydrogen) atoms. The molecule has 0 radical (unpaired) electrons. The van der Waals surface area contributed by atoms with Crippen LogP contribution < -0.4 is 0 Å². The number of aromatic nitrogens is 2. The molecule has 4 heterocycles. The molecule has 0 atom stereocenters. The predicted molar refractivity (Wildman–Crippen MR) is 114 cm³/mol. The van der Waals surface area contributed by atoms with Crippen LogP contribution in [-0.4, -0.2) is 31.1 Å². The quantitative estimate of drug-likeness (QED) is 0.628. The van der Waals surface area contributed by atoms with Crippen molar-refractivity contribution < 1.29 is 9.90 Å². The Balaban J connectivity index is 1.34. The maximum atomic E-state index is 11.9. The lowest BCUT2D eigenvalue weighted by atomic mass is 10.3. The fourth-order valence-corrected chi connectivity index (χ4v) is 2.92. The number of allylic oxidation sites excluding steroid dienone is 10. The highest BCUT2D eigenvalue weighted by molar-refractivity contribution is 6.15. The first-order valence-corrected chi connectivity index (χ1v) is 9.05. The Bertz CT molecular complexity index is 1190. The van der Waals surface area contributed by atoms with E-state index >= 15 is 0 Å². The van der Waals surface area contributed by atoms with Gasteiger partial charge >= 0.3 is 0 Å². The van der Waals surface area contributed by atoms with Crippen LogP contribution in [0.5, 0.6) is 5.88 Å². The molecule has 0 aliphatic carbocycles. The standard InChI is InChI=1S/C23H18N4O2/c28-22-18(26-16-10-8-14-20(26)24-22)12-6-4-2-1-3-5-7-13-19-23(29)25-21-15-9-11-17-27(19)21/h1-17,28H/b3-1+,4-2+,7-5+,12-6+,19-13-. The Morgan fingerprint density at radius 1 is 0.966 bits per heavy atom. The van der Waals surface area contributed by atoms with Crippen LogP contribution in [0, 0.1) is 0 Å². The molecule has 0 saturated heterocycles.